The van der Waals surface area contributed by atoms with Gasteiger partial charge in [-0.15, -0.1) is 0 Å². The number of fused-ring (bicyclic) bond motifs is 2. The van der Waals surface area contributed by atoms with Crippen LogP contribution in [-0.2, 0) is 4.57 Å². The van der Waals surface area contributed by atoms with Crippen LogP contribution >= 0.6 is 19.4 Å². The van der Waals surface area contributed by atoms with Gasteiger partial charge >= 0.3 is 0 Å². The molecule has 24 heavy (non-hydrogen) atoms. The maximum absolute atomic E-state index is 14.1. The average molecular weight is 353 g/mol. The summed E-state index contributed by atoms with van der Waals surface area (Å²) in [6.45, 7) is 0. The van der Waals surface area contributed by atoms with Gasteiger partial charge < -0.3 is 9.88 Å². The summed E-state index contributed by atoms with van der Waals surface area (Å²) in [6, 6.07) is 19.6. The summed E-state index contributed by atoms with van der Waals surface area (Å²) in [6.07, 6.45) is 6.87. The first kappa shape index (κ1) is 15.8. The van der Waals surface area contributed by atoms with E-state index >= 15 is 0 Å². The van der Waals surface area contributed by atoms with Gasteiger partial charge in [-0.05, 0) is 24.7 Å². The van der Waals surface area contributed by atoms with Crippen LogP contribution in [0.1, 0.15) is 12.8 Å². The van der Waals surface area contributed by atoms with Crippen molar-refractivity contribution in [3.05, 3.63) is 72.8 Å². The van der Waals surface area contributed by atoms with Crippen LogP contribution in [0.25, 0.3) is 0 Å². The van der Waals surface area contributed by atoms with Crippen LogP contribution in [0, 0.1) is 11.8 Å². The molecule has 0 unspecified atom stereocenters. The summed E-state index contributed by atoms with van der Waals surface area (Å²) in [7, 11) is -2.99. The lowest BCUT2D eigenvalue weighted by Gasteiger charge is -2.27. The van der Waals surface area contributed by atoms with Gasteiger partial charge in [0, 0.05) is 16.7 Å². The monoisotopic (exact) mass is 353 g/mol. The van der Waals surface area contributed by atoms with Gasteiger partial charge in [0.25, 0.3) is 0 Å². The van der Waals surface area contributed by atoms with Gasteiger partial charge in [0.15, 0.2) is 7.14 Å². The standard InChI is InChI=1S/C20H20NOPS/c22-23(17-7-3-1-4-8-17,18-9-5-2-6-10-18)20(24)21-19-14-15-11-12-16(19)13-15/h1-12,15-16,19H,13-14H2,(H,21,24)/t15-,16+,19-/m1/s1. The first-order valence-electron chi connectivity index (χ1n) is 8.38. The Morgan fingerprint density at radius 2 is 1.50 bits per heavy atom. The molecule has 2 nitrogen and oxygen atoms in total. The van der Waals surface area contributed by atoms with E-state index in [1.54, 1.807) is 0 Å². The van der Waals surface area contributed by atoms with E-state index < -0.39 is 7.14 Å². The molecule has 4 rings (SSSR count). The second-order valence-electron chi connectivity index (χ2n) is 6.62. The summed E-state index contributed by atoms with van der Waals surface area (Å²) >= 11 is 5.71. The number of thiocarbonyl (C=S) groups is 1. The Labute approximate surface area is 148 Å². The average Bonchev–Trinajstić information content (AvgIpc) is 3.25. The molecule has 0 spiro atoms. The van der Waals surface area contributed by atoms with Crippen molar-refractivity contribution in [1.82, 2.24) is 5.32 Å². The van der Waals surface area contributed by atoms with Gasteiger partial charge in [0.05, 0.1) is 0 Å². The number of nitrogens with one attached hydrogen (secondary N) is 1. The van der Waals surface area contributed by atoms with Gasteiger partial charge in [-0.3, -0.25) is 0 Å². The number of rotatable bonds is 4. The summed E-state index contributed by atoms with van der Waals surface area (Å²) < 4.78 is 14.6. The SMILES string of the molecule is O=P(C(=S)N[C@@H]1C[C@@H]2C=C[C@H]1C2)(c1ccccc1)c1ccccc1. The zero-order chi connectivity index (χ0) is 16.6. The lowest BCUT2D eigenvalue weighted by Crippen LogP contribution is -2.39. The molecule has 4 heteroatoms. The highest BCUT2D eigenvalue weighted by molar-refractivity contribution is 8.07. The van der Waals surface area contributed by atoms with E-state index in [1.807, 2.05) is 60.7 Å². The zero-order valence-corrected chi connectivity index (χ0v) is 15.0. The third-order valence-electron chi connectivity index (χ3n) is 5.11. The minimum absolute atomic E-state index is 0.313. The molecule has 1 saturated carbocycles. The Bertz CT molecular complexity index is 775. The van der Waals surface area contributed by atoms with Gasteiger partial charge in [0.1, 0.15) is 4.73 Å². The van der Waals surface area contributed by atoms with Crippen LogP contribution in [0.4, 0.5) is 0 Å². The minimum atomic E-state index is -2.99. The van der Waals surface area contributed by atoms with E-state index in [0.29, 0.717) is 22.6 Å². The second-order valence-corrected chi connectivity index (χ2v) is 10.0. The summed E-state index contributed by atoms with van der Waals surface area (Å²) in [5, 5.41) is 5.06. The van der Waals surface area contributed by atoms with E-state index in [0.717, 1.165) is 17.0 Å². The fourth-order valence-corrected chi connectivity index (χ4v) is 6.94. The van der Waals surface area contributed by atoms with E-state index in [-0.39, 0.29) is 0 Å². The van der Waals surface area contributed by atoms with Crippen molar-refractivity contribution in [3.8, 4) is 0 Å². The largest absolute Gasteiger partial charge is 0.370 e. The maximum Gasteiger partial charge on any atom is 0.196 e. The van der Waals surface area contributed by atoms with Gasteiger partial charge in [-0.25, -0.2) is 0 Å². The summed E-state index contributed by atoms with van der Waals surface area (Å²) in [5.41, 5.74) is 0. The molecule has 2 bridgehead atoms. The van der Waals surface area contributed by atoms with Crippen LogP contribution < -0.4 is 15.9 Å². The Morgan fingerprint density at radius 3 is 1.96 bits per heavy atom. The van der Waals surface area contributed by atoms with E-state index in [9.17, 15) is 4.57 Å². The maximum atomic E-state index is 14.1. The summed E-state index contributed by atoms with van der Waals surface area (Å²) in [4.78, 5) is 0. The highest BCUT2D eigenvalue weighted by Gasteiger charge is 2.39. The van der Waals surface area contributed by atoms with Gasteiger partial charge in [-0.1, -0.05) is 85.0 Å². The van der Waals surface area contributed by atoms with Crippen LogP contribution in [0.3, 0.4) is 0 Å². The molecular weight excluding hydrogens is 333 g/mol. The van der Waals surface area contributed by atoms with E-state index in [2.05, 4.69) is 17.5 Å². The molecule has 0 amide bonds. The molecule has 0 radical (unpaired) electrons. The summed E-state index contributed by atoms with van der Waals surface area (Å²) in [5.74, 6) is 1.18. The Morgan fingerprint density at radius 1 is 0.917 bits per heavy atom. The van der Waals surface area contributed by atoms with Crippen molar-refractivity contribution in [2.24, 2.45) is 11.8 Å². The molecular formula is C20H20NOPS. The molecule has 122 valence electrons. The molecule has 0 aromatic heterocycles. The van der Waals surface area contributed by atoms with Crippen LogP contribution in [0.15, 0.2) is 72.8 Å². The van der Waals surface area contributed by atoms with Crippen molar-refractivity contribution in [2.75, 3.05) is 0 Å². The number of hydrogen-bond acceptors (Lipinski definition) is 2. The first-order valence-corrected chi connectivity index (χ1v) is 10.5. The molecule has 3 atom stereocenters. The fraction of sp³-hybridized carbons (Fsp3) is 0.250. The van der Waals surface area contributed by atoms with Crippen molar-refractivity contribution in [2.45, 2.75) is 18.9 Å². The molecule has 2 aliphatic rings. The molecule has 0 heterocycles. The molecule has 2 aliphatic carbocycles. The first-order chi connectivity index (χ1) is 11.7. The third kappa shape index (κ3) is 2.66. The highest BCUT2D eigenvalue weighted by Crippen LogP contribution is 2.46. The van der Waals surface area contributed by atoms with E-state index in [4.69, 9.17) is 12.2 Å². The van der Waals surface area contributed by atoms with Gasteiger partial charge in [0.2, 0.25) is 0 Å². The van der Waals surface area contributed by atoms with Crippen LogP contribution in [0.5, 0.6) is 0 Å². The van der Waals surface area contributed by atoms with Crippen molar-refractivity contribution >= 4 is 34.7 Å². The Balaban J connectivity index is 1.69. The molecule has 2 aromatic carbocycles. The number of hydrogen-bond donors (Lipinski definition) is 1. The smallest absolute Gasteiger partial charge is 0.196 e. The number of benzene rings is 2. The van der Waals surface area contributed by atoms with E-state index in [1.165, 1.54) is 6.42 Å². The molecule has 1 N–H and O–H groups in total. The highest BCUT2D eigenvalue weighted by atomic mass is 32.1. The van der Waals surface area contributed by atoms with Crippen LogP contribution in [-0.4, -0.2) is 10.8 Å². The Kier molecular flexibility index (Phi) is 4.15. The fourth-order valence-electron chi connectivity index (χ4n) is 3.86. The topological polar surface area (TPSA) is 29.1 Å². The second kappa shape index (κ2) is 6.31. The van der Waals surface area contributed by atoms with Crippen molar-refractivity contribution < 1.29 is 4.57 Å². The number of allylic oxidation sites excluding steroid dienone is 1. The molecule has 1 fully saturated rings. The quantitative estimate of drug-likeness (QED) is 0.514. The predicted molar refractivity (Wildman–Crippen MR) is 105 cm³/mol. The Hall–Kier alpha value is -1.70. The van der Waals surface area contributed by atoms with Crippen LogP contribution in [0.2, 0.25) is 0 Å². The lowest BCUT2D eigenvalue weighted by atomic mass is 10.0. The van der Waals surface area contributed by atoms with Gasteiger partial charge in [-0.2, -0.15) is 0 Å². The van der Waals surface area contributed by atoms with Crippen molar-refractivity contribution in [1.29, 1.82) is 0 Å². The molecule has 0 aliphatic heterocycles. The predicted octanol–water partition coefficient (Wildman–Crippen LogP) is 3.84. The third-order valence-corrected chi connectivity index (χ3v) is 8.75. The lowest BCUT2D eigenvalue weighted by molar-refractivity contribution is 0.527. The van der Waals surface area contributed by atoms with Crippen molar-refractivity contribution in [3.63, 3.8) is 0 Å². The molecule has 0 saturated heterocycles. The normalized spacial score (nSPS) is 24.9. The minimum Gasteiger partial charge on any atom is -0.370 e. The molecule has 2 aromatic rings. The zero-order valence-electron chi connectivity index (χ0n) is 13.3.